The van der Waals surface area contributed by atoms with Crippen LogP contribution in [0, 0.1) is 11.2 Å². The van der Waals surface area contributed by atoms with Crippen molar-refractivity contribution in [1.29, 1.82) is 5.41 Å². The summed E-state index contributed by atoms with van der Waals surface area (Å²) in [5.41, 5.74) is 1.94. The van der Waals surface area contributed by atoms with Gasteiger partial charge in [-0.15, -0.1) is 0 Å². The smallest absolute Gasteiger partial charge is 0.123 e. The maximum atomic E-state index is 12.7. The Hall–Kier alpha value is -2.36. The first-order valence-electron chi connectivity index (χ1n) is 5.05. The Labute approximate surface area is 98.0 Å². The van der Waals surface area contributed by atoms with Crippen LogP contribution in [0.5, 0.6) is 5.75 Å². The summed E-state index contributed by atoms with van der Waals surface area (Å²) in [4.78, 5) is 0. The minimum Gasteiger partial charge on any atom is -0.508 e. The van der Waals surface area contributed by atoms with Crippen molar-refractivity contribution in [1.82, 2.24) is 0 Å². The summed E-state index contributed by atoms with van der Waals surface area (Å²) in [6, 6.07) is 10.5. The zero-order chi connectivity index (χ0) is 12.3. The second kappa shape index (κ2) is 4.65. The van der Waals surface area contributed by atoms with Gasteiger partial charge in [0.05, 0.1) is 5.69 Å². The van der Waals surface area contributed by atoms with Gasteiger partial charge >= 0.3 is 0 Å². The lowest BCUT2D eigenvalue weighted by atomic mass is 10.1. The van der Waals surface area contributed by atoms with E-state index in [9.17, 15) is 9.50 Å². The molecule has 0 aliphatic heterocycles. The van der Waals surface area contributed by atoms with Gasteiger partial charge in [-0.2, -0.15) is 0 Å². The maximum Gasteiger partial charge on any atom is 0.123 e. The summed E-state index contributed by atoms with van der Waals surface area (Å²) < 4.78 is 12.7. The van der Waals surface area contributed by atoms with E-state index < -0.39 is 0 Å². The Bertz CT molecular complexity index is 538. The molecular weight excluding hydrogens is 219 g/mol. The number of rotatable bonds is 3. The first kappa shape index (κ1) is 11.1. The zero-order valence-electron chi connectivity index (χ0n) is 8.94. The number of hydrogen-bond donors (Lipinski definition) is 3. The molecule has 2 rings (SSSR count). The average Bonchev–Trinajstić information content (AvgIpc) is 2.32. The highest BCUT2D eigenvalue weighted by Crippen LogP contribution is 2.24. The van der Waals surface area contributed by atoms with E-state index in [0.717, 1.165) is 0 Å². The second-order valence-electron chi connectivity index (χ2n) is 3.55. The van der Waals surface area contributed by atoms with E-state index in [-0.39, 0.29) is 11.6 Å². The molecule has 0 unspecified atom stereocenters. The van der Waals surface area contributed by atoms with Crippen molar-refractivity contribution in [2.75, 3.05) is 5.32 Å². The number of halogens is 1. The van der Waals surface area contributed by atoms with Crippen LogP contribution in [-0.2, 0) is 0 Å². The molecule has 3 nitrogen and oxygen atoms in total. The van der Waals surface area contributed by atoms with Crippen molar-refractivity contribution in [3.63, 3.8) is 0 Å². The van der Waals surface area contributed by atoms with Crippen LogP contribution >= 0.6 is 0 Å². The van der Waals surface area contributed by atoms with E-state index in [1.807, 2.05) is 0 Å². The van der Waals surface area contributed by atoms with Gasteiger partial charge in [0.25, 0.3) is 0 Å². The van der Waals surface area contributed by atoms with Crippen LogP contribution in [0.15, 0.2) is 42.5 Å². The van der Waals surface area contributed by atoms with E-state index in [1.54, 1.807) is 18.2 Å². The fourth-order valence-electron chi connectivity index (χ4n) is 1.47. The van der Waals surface area contributed by atoms with Gasteiger partial charge < -0.3 is 15.8 Å². The highest BCUT2D eigenvalue weighted by molar-refractivity contribution is 5.87. The quantitative estimate of drug-likeness (QED) is 0.709. The maximum absolute atomic E-state index is 12.7. The molecular formula is C13H11FN2O. The summed E-state index contributed by atoms with van der Waals surface area (Å²) in [5.74, 6) is -0.195. The topological polar surface area (TPSA) is 56.1 Å². The van der Waals surface area contributed by atoms with Gasteiger partial charge in [0.15, 0.2) is 0 Å². The monoisotopic (exact) mass is 230 g/mol. The number of hydrogen-bond acceptors (Lipinski definition) is 3. The minimum absolute atomic E-state index is 0.111. The van der Waals surface area contributed by atoms with E-state index in [0.29, 0.717) is 16.9 Å². The van der Waals surface area contributed by atoms with Crippen LogP contribution in [0.3, 0.4) is 0 Å². The molecule has 0 fully saturated rings. The number of anilines is 2. The normalized spacial score (nSPS) is 9.94. The first-order valence-corrected chi connectivity index (χ1v) is 5.05. The van der Waals surface area contributed by atoms with Crippen molar-refractivity contribution in [3.05, 3.63) is 53.8 Å². The predicted molar refractivity (Wildman–Crippen MR) is 65.7 cm³/mol. The SMILES string of the molecule is N=Cc1ccc(O)cc1Nc1ccc(F)cc1. The highest BCUT2D eigenvalue weighted by Gasteiger charge is 2.02. The van der Waals surface area contributed by atoms with E-state index >= 15 is 0 Å². The molecule has 86 valence electrons. The molecule has 2 aromatic carbocycles. The molecule has 17 heavy (non-hydrogen) atoms. The first-order chi connectivity index (χ1) is 8.19. The van der Waals surface area contributed by atoms with Crippen LogP contribution in [0.4, 0.5) is 15.8 Å². The molecule has 0 atom stereocenters. The Kier molecular flexibility index (Phi) is 3.05. The van der Waals surface area contributed by atoms with Crippen LogP contribution in [0.25, 0.3) is 0 Å². The lowest BCUT2D eigenvalue weighted by Crippen LogP contribution is -1.95. The molecule has 0 amide bonds. The Balaban J connectivity index is 2.31. The van der Waals surface area contributed by atoms with Crippen LogP contribution in [0.1, 0.15) is 5.56 Å². The number of phenols is 1. The molecule has 0 heterocycles. The molecule has 0 saturated heterocycles. The van der Waals surface area contributed by atoms with Crippen molar-refractivity contribution in [3.8, 4) is 5.75 Å². The summed E-state index contributed by atoms with van der Waals surface area (Å²) in [5, 5.41) is 19.6. The Morgan fingerprint density at radius 2 is 1.82 bits per heavy atom. The van der Waals surface area contributed by atoms with Gasteiger partial charge in [0.1, 0.15) is 11.6 Å². The van der Waals surface area contributed by atoms with Gasteiger partial charge in [0.2, 0.25) is 0 Å². The minimum atomic E-state index is -0.307. The standard InChI is InChI=1S/C13H11FN2O/c14-10-2-4-11(5-3-10)16-13-7-12(17)6-1-9(13)8-15/h1-8,15-17H. The van der Waals surface area contributed by atoms with E-state index in [1.165, 1.54) is 30.5 Å². The molecule has 0 spiro atoms. The van der Waals surface area contributed by atoms with Crippen LogP contribution in [-0.4, -0.2) is 11.3 Å². The molecule has 4 heteroatoms. The molecule has 3 N–H and O–H groups in total. The van der Waals surface area contributed by atoms with Gasteiger partial charge in [-0.05, 0) is 36.4 Å². The summed E-state index contributed by atoms with van der Waals surface area (Å²) in [6.45, 7) is 0. The van der Waals surface area contributed by atoms with E-state index in [4.69, 9.17) is 5.41 Å². The molecule has 0 saturated carbocycles. The number of nitrogens with one attached hydrogen (secondary N) is 2. The fraction of sp³-hybridized carbons (Fsp3) is 0. The lowest BCUT2D eigenvalue weighted by molar-refractivity contribution is 0.475. The largest absolute Gasteiger partial charge is 0.508 e. The van der Waals surface area contributed by atoms with Crippen molar-refractivity contribution >= 4 is 17.6 Å². The van der Waals surface area contributed by atoms with Crippen LogP contribution in [0.2, 0.25) is 0 Å². The molecule has 0 aliphatic carbocycles. The highest BCUT2D eigenvalue weighted by atomic mass is 19.1. The number of benzene rings is 2. The lowest BCUT2D eigenvalue weighted by Gasteiger charge is -2.09. The Morgan fingerprint density at radius 3 is 2.47 bits per heavy atom. The van der Waals surface area contributed by atoms with Gasteiger partial charge in [-0.25, -0.2) is 4.39 Å². The summed E-state index contributed by atoms with van der Waals surface area (Å²) in [6.07, 6.45) is 1.19. The molecule has 0 bridgehead atoms. The predicted octanol–water partition coefficient (Wildman–Crippen LogP) is 3.27. The van der Waals surface area contributed by atoms with Gasteiger partial charge in [0, 0.05) is 23.5 Å². The van der Waals surface area contributed by atoms with Crippen LogP contribution < -0.4 is 5.32 Å². The third-order valence-corrected chi connectivity index (χ3v) is 2.32. The Morgan fingerprint density at radius 1 is 1.12 bits per heavy atom. The third-order valence-electron chi connectivity index (χ3n) is 2.32. The molecule has 0 aromatic heterocycles. The van der Waals surface area contributed by atoms with E-state index in [2.05, 4.69) is 5.32 Å². The second-order valence-corrected chi connectivity index (χ2v) is 3.55. The third kappa shape index (κ3) is 2.60. The number of phenolic OH excluding ortho intramolecular Hbond substituents is 1. The van der Waals surface area contributed by atoms with Gasteiger partial charge in [-0.1, -0.05) is 0 Å². The molecule has 0 aliphatic rings. The summed E-state index contributed by atoms with van der Waals surface area (Å²) >= 11 is 0. The molecule has 0 radical (unpaired) electrons. The number of aromatic hydroxyl groups is 1. The van der Waals surface area contributed by atoms with Gasteiger partial charge in [-0.3, -0.25) is 0 Å². The fourth-order valence-corrected chi connectivity index (χ4v) is 1.47. The van der Waals surface area contributed by atoms with Crippen molar-refractivity contribution < 1.29 is 9.50 Å². The summed E-state index contributed by atoms with van der Waals surface area (Å²) in [7, 11) is 0. The zero-order valence-corrected chi connectivity index (χ0v) is 8.94. The average molecular weight is 230 g/mol. The van der Waals surface area contributed by atoms with Crippen molar-refractivity contribution in [2.45, 2.75) is 0 Å². The van der Waals surface area contributed by atoms with Crippen molar-refractivity contribution in [2.24, 2.45) is 0 Å². The molecule has 2 aromatic rings.